The van der Waals surface area contributed by atoms with Crippen LogP contribution in [0.4, 0.5) is 4.39 Å². The van der Waals surface area contributed by atoms with Gasteiger partial charge in [0.25, 0.3) is 0 Å². The highest BCUT2D eigenvalue weighted by Crippen LogP contribution is 2.24. The Bertz CT molecular complexity index is 733. The fourth-order valence-corrected chi connectivity index (χ4v) is 2.22. The topological polar surface area (TPSA) is 48.4 Å². The van der Waals surface area contributed by atoms with Crippen LogP contribution in [0.5, 0.6) is 5.75 Å². The van der Waals surface area contributed by atoms with Gasteiger partial charge in [-0.25, -0.2) is 4.39 Å². The molecule has 0 aliphatic carbocycles. The number of halogens is 1. The number of para-hydroxylation sites is 1. The lowest BCUT2D eigenvalue weighted by Gasteiger charge is -2.12. The average molecular weight is 285 g/mol. The number of furan rings is 1. The standard InChI is InChI=1S/C17H16FNO2/c1-11-8-13(18)6-7-15(11)20-10-14(19)17-9-12-4-2-3-5-16(12)21-17/h2-9,14H,10,19H2,1H3. The van der Waals surface area contributed by atoms with E-state index in [9.17, 15) is 4.39 Å². The lowest BCUT2D eigenvalue weighted by Crippen LogP contribution is -2.18. The number of hydrogen-bond acceptors (Lipinski definition) is 3. The van der Waals surface area contributed by atoms with Gasteiger partial charge < -0.3 is 14.9 Å². The highest BCUT2D eigenvalue weighted by molar-refractivity contribution is 5.77. The predicted octanol–water partition coefficient (Wildman–Crippen LogP) is 3.96. The van der Waals surface area contributed by atoms with Crippen LogP contribution in [0.3, 0.4) is 0 Å². The lowest BCUT2D eigenvalue weighted by atomic mass is 10.2. The van der Waals surface area contributed by atoms with Crippen LogP contribution >= 0.6 is 0 Å². The fourth-order valence-electron chi connectivity index (χ4n) is 2.22. The second-order valence-corrected chi connectivity index (χ2v) is 5.01. The van der Waals surface area contributed by atoms with Gasteiger partial charge >= 0.3 is 0 Å². The van der Waals surface area contributed by atoms with Crippen molar-refractivity contribution in [1.29, 1.82) is 0 Å². The van der Waals surface area contributed by atoms with E-state index in [2.05, 4.69) is 0 Å². The molecule has 21 heavy (non-hydrogen) atoms. The summed E-state index contributed by atoms with van der Waals surface area (Å²) >= 11 is 0. The predicted molar refractivity (Wildman–Crippen MR) is 79.8 cm³/mol. The lowest BCUT2D eigenvalue weighted by molar-refractivity contribution is 0.273. The minimum atomic E-state index is -0.373. The maximum Gasteiger partial charge on any atom is 0.134 e. The van der Waals surface area contributed by atoms with E-state index in [1.165, 1.54) is 12.1 Å². The molecule has 1 aromatic heterocycles. The third-order valence-electron chi connectivity index (χ3n) is 3.37. The molecule has 3 rings (SSSR count). The molecule has 2 N–H and O–H groups in total. The first-order valence-corrected chi connectivity index (χ1v) is 6.76. The molecule has 3 nitrogen and oxygen atoms in total. The van der Waals surface area contributed by atoms with Crippen molar-refractivity contribution in [3.05, 3.63) is 65.7 Å². The monoisotopic (exact) mass is 285 g/mol. The van der Waals surface area contributed by atoms with Crippen molar-refractivity contribution >= 4 is 11.0 Å². The first kappa shape index (κ1) is 13.6. The Kier molecular flexibility index (Phi) is 3.62. The van der Waals surface area contributed by atoms with Crippen molar-refractivity contribution in [1.82, 2.24) is 0 Å². The largest absolute Gasteiger partial charge is 0.491 e. The summed E-state index contributed by atoms with van der Waals surface area (Å²) in [6.45, 7) is 2.07. The van der Waals surface area contributed by atoms with E-state index in [1.54, 1.807) is 13.0 Å². The Labute approximate surface area is 122 Å². The van der Waals surface area contributed by atoms with Crippen LogP contribution in [0, 0.1) is 12.7 Å². The average Bonchev–Trinajstić information content (AvgIpc) is 2.90. The van der Waals surface area contributed by atoms with Crippen molar-refractivity contribution in [3.8, 4) is 5.75 Å². The van der Waals surface area contributed by atoms with Crippen molar-refractivity contribution < 1.29 is 13.5 Å². The number of fused-ring (bicyclic) bond motifs is 1. The molecular formula is C17H16FNO2. The molecule has 108 valence electrons. The quantitative estimate of drug-likeness (QED) is 0.789. The summed E-state index contributed by atoms with van der Waals surface area (Å²) in [4.78, 5) is 0. The van der Waals surface area contributed by atoms with Crippen molar-refractivity contribution in [3.63, 3.8) is 0 Å². The van der Waals surface area contributed by atoms with Gasteiger partial charge in [0.1, 0.15) is 29.5 Å². The number of nitrogens with two attached hydrogens (primary N) is 1. The molecule has 2 aromatic carbocycles. The molecule has 0 radical (unpaired) electrons. The summed E-state index contributed by atoms with van der Waals surface area (Å²) in [5, 5.41) is 1.01. The van der Waals surface area contributed by atoms with Gasteiger partial charge in [-0.2, -0.15) is 0 Å². The molecule has 0 amide bonds. The number of rotatable bonds is 4. The summed E-state index contributed by atoms with van der Waals surface area (Å²) in [6, 6.07) is 13.7. The number of ether oxygens (including phenoxy) is 1. The van der Waals surface area contributed by atoms with Gasteiger partial charge in [0.05, 0.1) is 6.04 Å². The molecule has 1 unspecified atom stereocenters. The van der Waals surface area contributed by atoms with Gasteiger partial charge in [-0.05, 0) is 42.8 Å². The summed E-state index contributed by atoms with van der Waals surface area (Å²) in [6.07, 6.45) is 0. The molecule has 4 heteroatoms. The molecular weight excluding hydrogens is 269 g/mol. The Morgan fingerprint density at radius 3 is 2.76 bits per heavy atom. The highest BCUT2D eigenvalue weighted by atomic mass is 19.1. The maximum atomic E-state index is 13.0. The third kappa shape index (κ3) is 2.90. The molecule has 1 atom stereocenters. The van der Waals surface area contributed by atoms with Gasteiger partial charge in [0.15, 0.2) is 0 Å². The molecule has 0 saturated carbocycles. The van der Waals surface area contributed by atoms with E-state index < -0.39 is 0 Å². The van der Waals surface area contributed by atoms with E-state index in [1.807, 2.05) is 30.3 Å². The summed E-state index contributed by atoms with van der Waals surface area (Å²) in [7, 11) is 0. The van der Waals surface area contributed by atoms with E-state index in [-0.39, 0.29) is 18.5 Å². The number of aryl methyl sites for hydroxylation is 1. The van der Waals surface area contributed by atoms with Crippen LogP contribution < -0.4 is 10.5 Å². The summed E-state index contributed by atoms with van der Waals surface area (Å²) in [5.74, 6) is 1.03. The van der Waals surface area contributed by atoms with E-state index in [0.29, 0.717) is 11.5 Å². The van der Waals surface area contributed by atoms with Crippen LogP contribution in [-0.4, -0.2) is 6.61 Å². The van der Waals surface area contributed by atoms with Gasteiger partial charge in [-0.3, -0.25) is 0 Å². The third-order valence-corrected chi connectivity index (χ3v) is 3.37. The first-order valence-electron chi connectivity index (χ1n) is 6.76. The highest BCUT2D eigenvalue weighted by Gasteiger charge is 2.13. The van der Waals surface area contributed by atoms with Gasteiger partial charge in [-0.15, -0.1) is 0 Å². The Morgan fingerprint density at radius 2 is 2.00 bits per heavy atom. The Balaban J connectivity index is 1.72. The zero-order valence-corrected chi connectivity index (χ0v) is 11.7. The van der Waals surface area contributed by atoms with E-state index in [4.69, 9.17) is 14.9 Å². The first-order chi connectivity index (χ1) is 10.1. The SMILES string of the molecule is Cc1cc(F)ccc1OCC(N)c1cc2ccccc2o1. The molecule has 0 aliphatic heterocycles. The minimum Gasteiger partial charge on any atom is -0.491 e. The summed E-state index contributed by atoms with van der Waals surface area (Å²) < 4.78 is 24.4. The second kappa shape index (κ2) is 5.58. The molecule has 0 aliphatic rings. The van der Waals surface area contributed by atoms with Gasteiger partial charge in [0.2, 0.25) is 0 Å². The van der Waals surface area contributed by atoms with Crippen molar-refractivity contribution in [2.75, 3.05) is 6.61 Å². The Morgan fingerprint density at radius 1 is 1.19 bits per heavy atom. The van der Waals surface area contributed by atoms with Crippen LogP contribution in [-0.2, 0) is 0 Å². The fraction of sp³-hybridized carbons (Fsp3) is 0.176. The Hall–Kier alpha value is -2.33. The van der Waals surface area contributed by atoms with E-state index in [0.717, 1.165) is 16.5 Å². The van der Waals surface area contributed by atoms with Gasteiger partial charge in [-0.1, -0.05) is 18.2 Å². The normalized spacial score (nSPS) is 12.5. The summed E-state index contributed by atoms with van der Waals surface area (Å²) in [5.41, 5.74) is 7.64. The number of hydrogen-bond donors (Lipinski definition) is 1. The van der Waals surface area contributed by atoms with Crippen LogP contribution in [0.15, 0.2) is 52.9 Å². The van der Waals surface area contributed by atoms with E-state index >= 15 is 0 Å². The van der Waals surface area contributed by atoms with Gasteiger partial charge in [0, 0.05) is 5.39 Å². The maximum absolute atomic E-state index is 13.0. The van der Waals surface area contributed by atoms with Crippen LogP contribution in [0.2, 0.25) is 0 Å². The zero-order valence-electron chi connectivity index (χ0n) is 11.7. The smallest absolute Gasteiger partial charge is 0.134 e. The van der Waals surface area contributed by atoms with Crippen LogP contribution in [0.25, 0.3) is 11.0 Å². The second-order valence-electron chi connectivity index (χ2n) is 5.01. The minimum absolute atomic E-state index is 0.270. The molecule has 0 bridgehead atoms. The molecule has 3 aromatic rings. The molecule has 0 spiro atoms. The van der Waals surface area contributed by atoms with Crippen LogP contribution in [0.1, 0.15) is 17.4 Å². The molecule has 0 saturated heterocycles. The number of benzene rings is 2. The molecule has 0 fully saturated rings. The zero-order chi connectivity index (χ0) is 14.8. The van der Waals surface area contributed by atoms with Crippen molar-refractivity contribution in [2.45, 2.75) is 13.0 Å². The van der Waals surface area contributed by atoms with Crippen molar-refractivity contribution in [2.24, 2.45) is 5.73 Å². The molecule has 1 heterocycles.